The Morgan fingerprint density at radius 1 is 1.00 bits per heavy atom. The molecule has 3 saturated carbocycles. The minimum absolute atomic E-state index is 0.159. The first-order chi connectivity index (χ1) is 10.7. The Balaban J connectivity index is 1.76. The van der Waals surface area contributed by atoms with Crippen molar-refractivity contribution in [2.24, 2.45) is 34.0 Å². The third-order valence-electron chi connectivity index (χ3n) is 8.94. The molecule has 6 atom stereocenters. The molecule has 4 aliphatic rings. The van der Waals surface area contributed by atoms with E-state index in [1.165, 1.54) is 31.3 Å². The maximum Gasteiger partial charge on any atom is 0.159 e. The topological polar surface area (TPSA) is 37.3 Å². The predicted molar refractivity (Wildman–Crippen MR) is 91.9 cm³/mol. The average molecular weight is 316 g/mol. The first kappa shape index (κ1) is 15.9. The summed E-state index contributed by atoms with van der Waals surface area (Å²) in [6.07, 6.45) is 9.34. The van der Waals surface area contributed by atoms with Crippen molar-refractivity contribution >= 4 is 5.78 Å². The van der Waals surface area contributed by atoms with Crippen LogP contribution in [0.1, 0.15) is 72.6 Å². The van der Waals surface area contributed by atoms with E-state index < -0.39 is 0 Å². The van der Waals surface area contributed by atoms with Gasteiger partial charge in [0.2, 0.25) is 0 Å². The fourth-order valence-corrected chi connectivity index (χ4v) is 6.88. The molecule has 0 amide bonds. The Morgan fingerprint density at radius 3 is 2.43 bits per heavy atom. The van der Waals surface area contributed by atoms with Crippen molar-refractivity contribution < 1.29 is 9.90 Å². The molecule has 2 nitrogen and oxygen atoms in total. The van der Waals surface area contributed by atoms with Crippen LogP contribution in [-0.4, -0.2) is 17.0 Å². The van der Waals surface area contributed by atoms with E-state index in [0.717, 1.165) is 19.3 Å². The van der Waals surface area contributed by atoms with Gasteiger partial charge in [-0.3, -0.25) is 4.79 Å². The van der Waals surface area contributed by atoms with Gasteiger partial charge in [-0.15, -0.1) is 0 Å². The molecule has 2 heteroatoms. The van der Waals surface area contributed by atoms with Gasteiger partial charge in [0.15, 0.2) is 5.78 Å². The third kappa shape index (κ3) is 1.94. The highest BCUT2D eigenvalue weighted by Crippen LogP contribution is 2.68. The number of aliphatic hydroxyl groups is 1. The van der Waals surface area contributed by atoms with Crippen LogP contribution in [0.5, 0.6) is 0 Å². The Bertz CT molecular complexity index is 574. The fraction of sp³-hybridized carbons (Fsp3) is 0.857. The van der Waals surface area contributed by atoms with Gasteiger partial charge in [0.25, 0.3) is 0 Å². The van der Waals surface area contributed by atoms with Crippen LogP contribution in [0.3, 0.4) is 0 Å². The van der Waals surface area contributed by atoms with Crippen LogP contribution in [0.2, 0.25) is 0 Å². The summed E-state index contributed by atoms with van der Waals surface area (Å²) in [6, 6.07) is 0. The lowest BCUT2D eigenvalue weighted by Gasteiger charge is -2.58. The van der Waals surface area contributed by atoms with Gasteiger partial charge in [0, 0.05) is 5.92 Å². The SMILES string of the molecule is CC1(C)CCC2C3C(=O)C=C4CC(O)CC[C@]4(C)C3CC[C@@]21C. The first-order valence-corrected chi connectivity index (χ1v) is 9.62. The van der Waals surface area contributed by atoms with E-state index in [1.807, 2.05) is 6.08 Å². The molecule has 0 radical (unpaired) electrons. The zero-order valence-electron chi connectivity index (χ0n) is 15.2. The molecule has 3 fully saturated rings. The van der Waals surface area contributed by atoms with E-state index in [1.54, 1.807) is 0 Å². The lowest BCUT2D eigenvalue weighted by Crippen LogP contribution is -2.54. The number of hydrogen-bond acceptors (Lipinski definition) is 2. The molecule has 4 unspecified atom stereocenters. The minimum Gasteiger partial charge on any atom is -0.393 e. The zero-order chi connectivity index (χ0) is 16.6. The molecule has 0 spiro atoms. The van der Waals surface area contributed by atoms with Gasteiger partial charge >= 0.3 is 0 Å². The number of rotatable bonds is 0. The van der Waals surface area contributed by atoms with E-state index in [4.69, 9.17) is 0 Å². The summed E-state index contributed by atoms with van der Waals surface area (Å²) in [6.45, 7) is 9.68. The van der Waals surface area contributed by atoms with Crippen molar-refractivity contribution in [3.05, 3.63) is 11.6 Å². The second-order valence-corrected chi connectivity index (χ2v) is 10.0. The van der Waals surface area contributed by atoms with Crippen molar-refractivity contribution in [2.45, 2.75) is 78.7 Å². The average Bonchev–Trinajstić information content (AvgIpc) is 2.72. The van der Waals surface area contributed by atoms with E-state index in [2.05, 4.69) is 27.7 Å². The standard InChI is InChI=1S/C21H32O2/c1-19(2)8-6-16-18-15(7-10-21(16,19)4)20(3)9-5-14(22)11-13(20)12-17(18)23/h12,14-16,18,22H,5-11H2,1-4H3/t14?,15?,16?,18?,20-,21-/m0/s1. The summed E-state index contributed by atoms with van der Waals surface area (Å²) in [5.41, 5.74) is 2.09. The molecular weight excluding hydrogens is 284 g/mol. The lowest BCUT2D eigenvalue weighted by atomic mass is 9.46. The van der Waals surface area contributed by atoms with Crippen molar-refractivity contribution in [2.75, 3.05) is 0 Å². The molecule has 0 aliphatic heterocycles. The number of ketones is 1. The maximum atomic E-state index is 13.1. The highest BCUT2D eigenvalue weighted by molar-refractivity contribution is 5.94. The molecule has 1 N–H and O–H groups in total. The van der Waals surface area contributed by atoms with E-state index in [9.17, 15) is 9.90 Å². The number of carbonyl (C=O) groups excluding carboxylic acids is 1. The highest BCUT2D eigenvalue weighted by Gasteiger charge is 2.62. The molecule has 4 rings (SSSR count). The Labute approximate surface area is 140 Å². The summed E-state index contributed by atoms with van der Waals surface area (Å²) < 4.78 is 0. The zero-order valence-corrected chi connectivity index (χ0v) is 15.2. The Hall–Kier alpha value is -0.630. The van der Waals surface area contributed by atoms with Gasteiger partial charge in [-0.25, -0.2) is 0 Å². The van der Waals surface area contributed by atoms with Crippen LogP contribution < -0.4 is 0 Å². The van der Waals surface area contributed by atoms with Crippen molar-refractivity contribution in [1.29, 1.82) is 0 Å². The Morgan fingerprint density at radius 2 is 1.70 bits per heavy atom. The van der Waals surface area contributed by atoms with Crippen LogP contribution >= 0.6 is 0 Å². The maximum absolute atomic E-state index is 13.1. The Kier molecular flexibility index (Phi) is 3.25. The van der Waals surface area contributed by atoms with Gasteiger partial charge in [-0.2, -0.15) is 0 Å². The highest BCUT2D eigenvalue weighted by atomic mass is 16.3. The van der Waals surface area contributed by atoms with Crippen molar-refractivity contribution in [1.82, 2.24) is 0 Å². The van der Waals surface area contributed by atoms with Gasteiger partial charge in [-0.05, 0) is 79.1 Å². The van der Waals surface area contributed by atoms with Crippen LogP contribution in [0.4, 0.5) is 0 Å². The summed E-state index contributed by atoms with van der Waals surface area (Å²) >= 11 is 0. The summed E-state index contributed by atoms with van der Waals surface area (Å²) in [7, 11) is 0. The van der Waals surface area contributed by atoms with E-state index >= 15 is 0 Å². The van der Waals surface area contributed by atoms with Gasteiger partial charge in [0.05, 0.1) is 6.10 Å². The van der Waals surface area contributed by atoms with Crippen LogP contribution in [0, 0.1) is 34.0 Å². The van der Waals surface area contributed by atoms with Crippen LogP contribution in [-0.2, 0) is 4.79 Å². The number of carbonyl (C=O) groups is 1. The molecule has 128 valence electrons. The molecule has 23 heavy (non-hydrogen) atoms. The van der Waals surface area contributed by atoms with Gasteiger partial charge in [-0.1, -0.05) is 33.3 Å². The monoisotopic (exact) mass is 316 g/mol. The fourth-order valence-electron chi connectivity index (χ4n) is 6.88. The molecular formula is C21H32O2. The van der Waals surface area contributed by atoms with Gasteiger partial charge in [0.1, 0.15) is 0 Å². The summed E-state index contributed by atoms with van der Waals surface area (Å²) in [4.78, 5) is 13.1. The third-order valence-corrected chi connectivity index (χ3v) is 8.94. The molecule has 0 saturated heterocycles. The number of hydrogen-bond donors (Lipinski definition) is 1. The summed E-state index contributed by atoms with van der Waals surface area (Å²) in [5, 5.41) is 10.1. The molecule has 4 aliphatic carbocycles. The lowest BCUT2D eigenvalue weighted by molar-refractivity contribution is -0.136. The first-order valence-electron chi connectivity index (χ1n) is 9.62. The number of allylic oxidation sites excluding steroid dienone is 1. The van der Waals surface area contributed by atoms with E-state index in [0.29, 0.717) is 28.4 Å². The molecule has 0 heterocycles. The summed E-state index contributed by atoms with van der Waals surface area (Å²) in [5.74, 6) is 1.68. The minimum atomic E-state index is -0.238. The molecule has 0 bridgehead atoms. The van der Waals surface area contributed by atoms with Crippen LogP contribution in [0.15, 0.2) is 11.6 Å². The van der Waals surface area contributed by atoms with Gasteiger partial charge < -0.3 is 5.11 Å². The quantitative estimate of drug-likeness (QED) is 0.713. The molecule has 0 aromatic carbocycles. The number of aliphatic hydroxyl groups excluding tert-OH is 1. The normalized spacial score (nSPS) is 51.5. The number of fused-ring (bicyclic) bond motifs is 5. The van der Waals surface area contributed by atoms with E-state index in [-0.39, 0.29) is 17.4 Å². The molecule has 0 aromatic heterocycles. The second-order valence-electron chi connectivity index (χ2n) is 10.0. The molecule has 0 aromatic rings. The smallest absolute Gasteiger partial charge is 0.159 e. The predicted octanol–water partition coefficient (Wildman–Crippen LogP) is 4.52. The van der Waals surface area contributed by atoms with Crippen molar-refractivity contribution in [3.8, 4) is 0 Å². The van der Waals surface area contributed by atoms with Crippen molar-refractivity contribution in [3.63, 3.8) is 0 Å². The largest absolute Gasteiger partial charge is 0.393 e. The second kappa shape index (κ2) is 4.71. The van der Waals surface area contributed by atoms with Crippen LogP contribution in [0.25, 0.3) is 0 Å².